The van der Waals surface area contributed by atoms with Gasteiger partial charge in [0.05, 0.1) is 5.56 Å². The van der Waals surface area contributed by atoms with Crippen LogP contribution in [0.15, 0.2) is 22.7 Å². The number of rotatable bonds is 2. The fourth-order valence-corrected chi connectivity index (χ4v) is 2.56. The first kappa shape index (κ1) is 11.9. The number of carboxylic acids is 1. The summed E-state index contributed by atoms with van der Waals surface area (Å²) in [6.45, 7) is 0.745. The molecule has 0 spiro atoms. The molecule has 0 amide bonds. The number of carbonyl (C=O) groups is 1. The standard InChI is InChI=1S/C12H11BrN2O2/c13-10-6-9(4-3-8(10)7-14)15-5-1-2-11(15)12(16)17/h3-4,6,11H,1-2,5H2,(H,16,17). The summed E-state index contributed by atoms with van der Waals surface area (Å²) in [5.74, 6) is -0.789. The number of benzene rings is 1. The summed E-state index contributed by atoms with van der Waals surface area (Å²) in [7, 11) is 0. The van der Waals surface area contributed by atoms with Crippen LogP contribution in [-0.4, -0.2) is 23.7 Å². The zero-order chi connectivity index (χ0) is 12.4. The number of nitrogens with zero attached hydrogens (tertiary/aromatic N) is 2. The lowest BCUT2D eigenvalue weighted by atomic mass is 10.2. The Hall–Kier alpha value is -1.54. The molecule has 1 saturated heterocycles. The largest absolute Gasteiger partial charge is 0.480 e. The van der Waals surface area contributed by atoms with E-state index >= 15 is 0 Å². The molecule has 1 aromatic rings. The first-order valence-corrected chi connectivity index (χ1v) is 6.12. The van der Waals surface area contributed by atoms with Crippen LogP contribution in [0, 0.1) is 11.3 Å². The van der Waals surface area contributed by atoms with Gasteiger partial charge in [-0.2, -0.15) is 5.26 Å². The van der Waals surface area contributed by atoms with Gasteiger partial charge in [0.15, 0.2) is 0 Å². The van der Waals surface area contributed by atoms with E-state index in [1.54, 1.807) is 18.2 Å². The van der Waals surface area contributed by atoms with Crippen molar-refractivity contribution in [3.05, 3.63) is 28.2 Å². The fraction of sp³-hybridized carbons (Fsp3) is 0.333. The summed E-state index contributed by atoms with van der Waals surface area (Å²) in [6, 6.07) is 6.92. The molecule has 1 aromatic carbocycles. The number of nitriles is 1. The number of carboxylic acid groups (broad SMARTS) is 1. The van der Waals surface area contributed by atoms with Crippen LogP contribution in [0.1, 0.15) is 18.4 Å². The summed E-state index contributed by atoms with van der Waals surface area (Å²) in [6.07, 6.45) is 1.56. The molecule has 0 saturated carbocycles. The topological polar surface area (TPSA) is 64.3 Å². The monoisotopic (exact) mass is 294 g/mol. The number of hydrogen-bond acceptors (Lipinski definition) is 3. The van der Waals surface area contributed by atoms with Crippen molar-refractivity contribution in [2.75, 3.05) is 11.4 Å². The Kier molecular flexibility index (Phi) is 3.34. The van der Waals surface area contributed by atoms with E-state index in [9.17, 15) is 4.79 Å². The van der Waals surface area contributed by atoms with E-state index < -0.39 is 12.0 Å². The highest BCUT2D eigenvalue weighted by Crippen LogP contribution is 2.29. The molecule has 5 heteroatoms. The first-order valence-electron chi connectivity index (χ1n) is 5.32. The molecule has 17 heavy (non-hydrogen) atoms. The minimum Gasteiger partial charge on any atom is -0.480 e. The maximum atomic E-state index is 11.1. The van der Waals surface area contributed by atoms with Gasteiger partial charge in [-0.05, 0) is 47.0 Å². The lowest BCUT2D eigenvalue weighted by Crippen LogP contribution is -2.35. The average molecular weight is 295 g/mol. The highest BCUT2D eigenvalue weighted by atomic mass is 79.9. The van der Waals surface area contributed by atoms with Gasteiger partial charge in [0.1, 0.15) is 12.1 Å². The quantitative estimate of drug-likeness (QED) is 0.909. The predicted octanol–water partition coefficient (Wildman–Crippen LogP) is 2.37. The van der Waals surface area contributed by atoms with Crippen molar-refractivity contribution in [2.45, 2.75) is 18.9 Å². The Bertz CT molecular complexity index is 496. The molecule has 1 heterocycles. The van der Waals surface area contributed by atoms with Crippen molar-refractivity contribution < 1.29 is 9.90 Å². The van der Waals surface area contributed by atoms with Gasteiger partial charge in [-0.1, -0.05) is 0 Å². The minimum absolute atomic E-state index is 0.449. The van der Waals surface area contributed by atoms with Crippen molar-refractivity contribution in [3.63, 3.8) is 0 Å². The van der Waals surface area contributed by atoms with Crippen molar-refractivity contribution in [1.29, 1.82) is 5.26 Å². The lowest BCUT2D eigenvalue weighted by Gasteiger charge is -2.23. The molecular weight excluding hydrogens is 284 g/mol. The van der Waals surface area contributed by atoms with Crippen LogP contribution in [0.5, 0.6) is 0 Å². The van der Waals surface area contributed by atoms with Crippen LogP contribution >= 0.6 is 15.9 Å². The summed E-state index contributed by atoms with van der Waals surface area (Å²) in [4.78, 5) is 13.0. The van der Waals surface area contributed by atoms with Gasteiger partial charge in [0.25, 0.3) is 0 Å². The fourth-order valence-electron chi connectivity index (χ4n) is 2.11. The molecule has 0 bridgehead atoms. The predicted molar refractivity (Wildman–Crippen MR) is 66.9 cm³/mol. The van der Waals surface area contributed by atoms with Crippen molar-refractivity contribution in [2.24, 2.45) is 0 Å². The Morgan fingerprint density at radius 3 is 2.94 bits per heavy atom. The first-order chi connectivity index (χ1) is 8.13. The van der Waals surface area contributed by atoms with E-state index in [0.29, 0.717) is 16.5 Å². The molecule has 0 radical (unpaired) electrons. The minimum atomic E-state index is -0.789. The molecule has 4 nitrogen and oxygen atoms in total. The number of anilines is 1. The average Bonchev–Trinajstić information content (AvgIpc) is 2.77. The summed E-state index contributed by atoms with van der Waals surface area (Å²) in [5.41, 5.74) is 1.40. The highest BCUT2D eigenvalue weighted by Gasteiger charge is 2.30. The van der Waals surface area contributed by atoms with E-state index in [1.165, 1.54) is 0 Å². The molecule has 1 N–H and O–H groups in total. The van der Waals surface area contributed by atoms with E-state index in [4.69, 9.17) is 10.4 Å². The molecule has 0 aliphatic carbocycles. The van der Waals surface area contributed by atoms with Crippen LogP contribution in [0.4, 0.5) is 5.69 Å². The normalized spacial score (nSPS) is 19.1. The maximum Gasteiger partial charge on any atom is 0.326 e. The third kappa shape index (κ3) is 2.27. The Morgan fingerprint density at radius 2 is 2.35 bits per heavy atom. The summed E-state index contributed by atoms with van der Waals surface area (Å²) in [5, 5.41) is 17.9. The van der Waals surface area contributed by atoms with Gasteiger partial charge in [-0.25, -0.2) is 4.79 Å². The Morgan fingerprint density at radius 1 is 1.59 bits per heavy atom. The maximum absolute atomic E-state index is 11.1. The second-order valence-corrected chi connectivity index (χ2v) is 4.82. The van der Waals surface area contributed by atoms with E-state index in [0.717, 1.165) is 18.7 Å². The number of halogens is 1. The Balaban J connectivity index is 2.31. The zero-order valence-corrected chi connectivity index (χ0v) is 10.6. The van der Waals surface area contributed by atoms with Gasteiger partial charge < -0.3 is 10.0 Å². The van der Waals surface area contributed by atoms with E-state index in [-0.39, 0.29) is 0 Å². The molecular formula is C12H11BrN2O2. The van der Waals surface area contributed by atoms with Crippen LogP contribution in [0.2, 0.25) is 0 Å². The van der Waals surface area contributed by atoms with Gasteiger partial charge >= 0.3 is 5.97 Å². The third-order valence-corrected chi connectivity index (χ3v) is 3.60. The van der Waals surface area contributed by atoms with E-state index in [2.05, 4.69) is 22.0 Å². The van der Waals surface area contributed by atoms with Crippen LogP contribution < -0.4 is 4.90 Å². The van der Waals surface area contributed by atoms with Crippen molar-refractivity contribution >= 4 is 27.6 Å². The molecule has 1 aliphatic heterocycles. The van der Waals surface area contributed by atoms with Gasteiger partial charge in [-0.3, -0.25) is 0 Å². The lowest BCUT2D eigenvalue weighted by molar-refractivity contribution is -0.138. The second kappa shape index (κ2) is 4.76. The van der Waals surface area contributed by atoms with Crippen molar-refractivity contribution in [3.8, 4) is 6.07 Å². The number of hydrogen-bond donors (Lipinski definition) is 1. The van der Waals surface area contributed by atoms with Gasteiger partial charge in [0, 0.05) is 16.7 Å². The molecule has 2 rings (SSSR count). The van der Waals surface area contributed by atoms with Gasteiger partial charge in [-0.15, -0.1) is 0 Å². The summed E-state index contributed by atoms with van der Waals surface area (Å²) >= 11 is 3.31. The van der Waals surface area contributed by atoms with Gasteiger partial charge in [0.2, 0.25) is 0 Å². The zero-order valence-electron chi connectivity index (χ0n) is 9.06. The van der Waals surface area contributed by atoms with E-state index in [1.807, 2.05) is 4.90 Å². The number of aliphatic carboxylic acids is 1. The SMILES string of the molecule is N#Cc1ccc(N2CCCC2C(=O)O)cc1Br. The second-order valence-electron chi connectivity index (χ2n) is 3.97. The van der Waals surface area contributed by atoms with Crippen LogP contribution in [0.25, 0.3) is 0 Å². The smallest absolute Gasteiger partial charge is 0.326 e. The van der Waals surface area contributed by atoms with Crippen LogP contribution in [-0.2, 0) is 4.79 Å². The molecule has 88 valence electrons. The molecule has 0 aromatic heterocycles. The van der Waals surface area contributed by atoms with Crippen molar-refractivity contribution in [1.82, 2.24) is 0 Å². The molecule has 1 unspecified atom stereocenters. The molecule has 1 aliphatic rings. The summed E-state index contributed by atoms with van der Waals surface area (Å²) < 4.78 is 0.702. The third-order valence-electron chi connectivity index (χ3n) is 2.94. The highest BCUT2D eigenvalue weighted by molar-refractivity contribution is 9.10. The molecule has 1 fully saturated rings. The Labute approximate surface area is 108 Å². The molecule has 1 atom stereocenters. The van der Waals surface area contributed by atoms with Crippen LogP contribution in [0.3, 0.4) is 0 Å².